The normalized spacial score (nSPS) is 13.0. The van der Waals surface area contributed by atoms with Crippen molar-refractivity contribution in [3.05, 3.63) is 53.6 Å². The Labute approximate surface area is 146 Å². The van der Waals surface area contributed by atoms with Crippen LogP contribution in [0.5, 0.6) is 11.5 Å². The average Bonchev–Trinajstić information content (AvgIpc) is 2.63. The Balaban J connectivity index is 1.61. The van der Waals surface area contributed by atoms with Gasteiger partial charge in [0.15, 0.2) is 6.61 Å². The van der Waals surface area contributed by atoms with E-state index in [9.17, 15) is 9.59 Å². The summed E-state index contributed by atoms with van der Waals surface area (Å²) in [6.45, 7) is 0.443. The van der Waals surface area contributed by atoms with Gasteiger partial charge in [-0.05, 0) is 35.4 Å². The van der Waals surface area contributed by atoms with Crippen molar-refractivity contribution in [2.24, 2.45) is 0 Å². The zero-order valence-corrected chi connectivity index (χ0v) is 14.2. The van der Waals surface area contributed by atoms with Crippen LogP contribution in [0.4, 0.5) is 5.69 Å². The minimum absolute atomic E-state index is 0.0557. The Morgan fingerprint density at radius 3 is 2.88 bits per heavy atom. The minimum atomic E-state index is -0.0910. The number of benzene rings is 2. The van der Waals surface area contributed by atoms with E-state index in [2.05, 4.69) is 5.32 Å². The summed E-state index contributed by atoms with van der Waals surface area (Å²) in [6, 6.07) is 13.0. The quantitative estimate of drug-likeness (QED) is 0.903. The van der Waals surface area contributed by atoms with E-state index in [0.29, 0.717) is 12.3 Å². The van der Waals surface area contributed by atoms with Crippen LogP contribution >= 0.6 is 0 Å². The molecule has 0 atom stereocenters. The van der Waals surface area contributed by atoms with Crippen LogP contribution in [0, 0.1) is 0 Å². The van der Waals surface area contributed by atoms with Gasteiger partial charge < -0.3 is 19.7 Å². The lowest BCUT2D eigenvalue weighted by atomic mass is 10.1. The summed E-state index contributed by atoms with van der Waals surface area (Å²) in [5.74, 6) is 1.24. The number of ether oxygens (including phenoxy) is 2. The number of nitrogens with one attached hydrogen (secondary N) is 1. The van der Waals surface area contributed by atoms with E-state index in [1.165, 1.54) is 0 Å². The number of nitrogens with zero attached hydrogens (tertiary/aromatic N) is 1. The number of hydrogen-bond donors (Lipinski definition) is 1. The first-order valence-electron chi connectivity index (χ1n) is 7.99. The molecule has 0 spiro atoms. The molecule has 1 N–H and O–H groups in total. The van der Waals surface area contributed by atoms with Crippen LogP contribution in [0.15, 0.2) is 42.5 Å². The molecule has 3 rings (SSSR count). The molecule has 2 aromatic carbocycles. The second-order valence-corrected chi connectivity index (χ2v) is 5.85. The lowest BCUT2D eigenvalue weighted by Crippen LogP contribution is -2.35. The van der Waals surface area contributed by atoms with Gasteiger partial charge in [0.2, 0.25) is 5.91 Å². The summed E-state index contributed by atoms with van der Waals surface area (Å²) >= 11 is 0. The molecule has 6 heteroatoms. The zero-order valence-electron chi connectivity index (χ0n) is 14.2. The van der Waals surface area contributed by atoms with E-state index in [0.717, 1.165) is 22.6 Å². The first-order valence-corrected chi connectivity index (χ1v) is 7.99. The van der Waals surface area contributed by atoms with E-state index in [4.69, 9.17) is 9.47 Å². The molecule has 0 aromatic heterocycles. The molecule has 0 saturated heterocycles. The molecule has 0 radical (unpaired) electrons. The molecule has 2 amide bonds. The summed E-state index contributed by atoms with van der Waals surface area (Å²) in [6.07, 6.45) is 0.281. The fraction of sp³-hybridized carbons (Fsp3) is 0.263. The standard InChI is InChI=1S/C19H20N2O4/c1-21-16-9-14(6-7-17(16)25-12-19(21)23)11-20-18(22)10-13-4-3-5-15(8-13)24-2/h3-9H,10-12H2,1-2H3,(H,20,22). The molecular weight excluding hydrogens is 320 g/mol. The minimum Gasteiger partial charge on any atom is -0.497 e. The number of likely N-dealkylation sites (N-methyl/N-ethyl adjacent to an activating group) is 1. The second-order valence-electron chi connectivity index (χ2n) is 5.85. The summed E-state index contributed by atoms with van der Waals surface area (Å²) < 4.78 is 10.6. The summed E-state index contributed by atoms with van der Waals surface area (Å²) in [7, 11) is 3.32. The van der Waals surface area contributed by atoms with Gasteiger partial charge in [-0.3, -0.25) is 9.59 Å². The number of fused-ring (bicyclic) bond motifs is 1. The van der Waals surface area contributed by atoms with Crippen molar-refractivity contribution in [3.63, 3.8) is 0 Å². The van der Waals surface area contributed by atoms with Crippen molar-refractivity contribution < 1.29 is 19.1 Å². The molecule has 0 aliphatic carbocycles. The monoisotopic (exact) mass is 340 g/mol. The SMILES string of the molecule is COc1cccc(CC(=O)NCc2ccc3c(c2)N(C)C(=O)CO3)c1. The van der Waals surface area contributed by atoms with Crippen LogP contribution in [0.1, 0.15) is 11.1 Å². The molecule has 1 aliphatic rings. The fourth-order valence-corrected chi connectivity index (χ4v) is 2.66. The number of carbonyl (C=O) groups excluding carboxylic acids is 2. The van der Waals surface area contributed by atoms with Crippen LogP contribution in [0.3, 0.4) is 0 Å². The molecular formula is C19H20N2O4. The van der Waals surface area contributed by atoms with Gasteiger partial charge in [0, 0.05) is 13.6 Å². The Bertz CT molecular complexity index is 804. The molecule has 1 heterocycles. The number of hydrogen-bond acceptors (Lipinski definition) is 4. The van der Waals surface area contributed by atoms with Gasteiger partial charge >= 0.3 is 0 Å². The van der Waals surface area contributed by atoms with Gasteiger partial charge in [-0.1, -0.05) is 18.2 Å². The third-order valence-electron chi connectivity index (χ3n) is 4.10. The van der Waals surface area contributed by atoms with E-state index >= 15 is 0 Å². The van der Waals surface area contributed by atoms with Crippen molar-refractivity contribution in [2.75, 3.05) is 25.7 Å². The topological polar surface area (TPSA) is 67.9 Å². The third kappa shape index (κ3) is 3.91. The van der Waals surface area contributed by atoms with Crippen molar-refractivity contribution in [1.82, 2.24) is 5.32 Å². The van der Waals surface area contributed by atoms with Crippen LogP contribution < -0.4 is 19.7 Å². The predicted molar refractivity (Wildman–Crippen MR) is 93.9 cm³/mol. The highest BCUT2D eigenvalue weighted by Crippen LogP contribution is 2.31. The van der Waals surface area contributed by atoms with Crippen molar-refractivity contribution in [2.45, 2.75) is 13.0 Å². The highest BCUT2D eigenvalue weighted by molar-refractivity contribution is 5.97. The second kappa shape index (κ2) is 7.25. The van der Waals surface area contributed by atoms with Gasteiger partial charge in [-0.25, -0.2) is 0 Å². The Morgan fingerprint density at radius 1 is 1.24 bits per heavy atom. The molecule has 130 valence electrons. The number of amides is 2. The first-order chi connectivity index (χ1) is 12.1. The van der Waals surface area contributed by atoms with Crippen LogP contribution in [-0.2, 0) is 22.6 Å². The zero-order chi connectivity index (χ0) is 17.8. The van der Waals surface area contributed by atoms with Crippen molar-refractivity contribution in [3.8, 4) is 11.5 Å². The molecule has 25 heavy (non-hydrogen) atoms. The lowest BCUT2D eigenvalue weighted by Gasteiger charge is -2.26. The average molecular weight is 340 g/mol. The molecule has 0 bridgehead atoms. The number of anilines is 1. The lowest BCUT2D eigenvalue weighted by molar-refractivity contribution is -0.121. The molecule has 0 saturated carbocycles. The highest BCUT2D eigenvalue weighted by atomic mass is 16.5. The predicted octanol–water partition coefficient (Wildman–Crippen LogP) is 1.91. The van der Waals surface area contributed by atoms with Crippen LogP contribution in [0.2, 0.25) is 0 Å². The summed E-state index contributed by atoms with van der Waals surface area (Å²) in [5, 5.41) is 2.89. The van der Waals surface area contributed by atoms with Gasteiger partial charge in [0.1, 0.15) is 11.5 Å². The Hall–Kier alpha value is -3.02. The smallest absolute Gasteiger partial charge is 0.264 e. The van der Waals surface area contributed by atoms with Crippen LogP contribution in [0.25, 0.3) is 0 Å². The largest absolute Gasteiger partial charge is 0.497 e. The van der Waals surface area contributed by atoms with E-state index in [1.807, 2.05) is 42.5 Å². The van der Waals surface area contributed by atoms with E-state index in [-0.39, 0.29) is 24.8 Å². The fourth-order valence-electron chi connectivity index (χ4n) is 2.66. The first kappa shape index (κ1) is 16.8. The number of methoxy groups -OCH3 is 1. The maximum absolute atomic E-state index is 12.1. The third-order valence-corrected chi connectivity index (χ3v) is 4.10. The van der Waals surface area contributed by atoms with Gasteiger partial charge in [0.05, 0.1) is 19.2 Å². The molecule has 2 aromatic rings. The molecule has 0 unspecified atom stereocenters. The maximum Gasteiger partial charge on any atom is 0.264 e. The van der Waals surface area contributed by atoms with Gasteiger partial charge in [0.25, 0.3) is 5.91 Å². The number of carbonyl (C=O) groups is 2. The molecule has 1 aliphatic heterocycles. The highest BCUT2D eigenvalue weighted by Gasteiger charge is 2.22. The summed E-state index contributed by atoms with van der Waals surface area (Å²) in [4.78, 5) is 25.4. The van der Waals surface area contributed by atoms with Gasteiger partial charge in [-0.15, -0.1) is 0 Å². The van der Waals surface area contributed by atoms with Crippen molar-refractivity contribution >= 4 is 17.5 Å². The van der Waals surface area contributed by atoms with Gasteiger partial charge in [-0.2, -0.15) is 0 Å². The van der Waals surface area contributed by atoms with E-state index < -0.39 is 0 Å². The number of rotatable bonds is 5. The maximum atomic E-state index is 12.1. The summed E-state index contributed by atoms with van der Waals surface area (Å²) in [5.41, 5.74) is 2.51. The van der Waals surface area contributed by atoms with Crippen LogP contribution in [-0.4, -0.2) is 32.6 Å². The molecule has 6 nitrogen and oxygen atoms in total. The Kier molecular flexibility index (Phi) is 4.88. The molecule has 0 fully saturated rings. The van der Waals surface area contributed by atoms with Crippen molar-refractivity contribution in [1.29, 1.82) is 0 Å². The van der Waals surface area contributed by atoms with E-state index in [1.54, 1.807) is 19.1 Å². The Morgan fingerprint density at radius 2 is 2.08 bits per heavy atom.